The Kier molecular flexibility index (Phi) is 7.04. The van der Waals surface area contributed by atoms with E-state index in [0.717, 1.165) is 37.2 Å². The fourth-order valence-corrected chi connectivity index (χ4v) is 3.74. The van der Waals surface area contributed by atoms with Crippen LogP contribution in [0.4, 0.5) is 0 Å². The van der Waals surface area contributed by atoms with Crippen LogP contribution in [0.2, 0.25) is 0 Å². The normalized spacial score (nSPS) is 15.1. The molecule has 0 radical (unpaired) electrons. The van der Waals surface area contributed by atoms with E-state index in [1.54, 1.807) is 4.90 Å². The van der Waals surface area contributed by atoms with Gasteiger partial charge in [-0.25, -0.2) is 0 Å². The van der Waals surface area contributed by atoms with Crippen LogP contribution in [0.25, 0.3) is 0 Å². The predicted molar refractivity (Wildman–Crippen MR) is 116 cm³/mol. The van der Waals surface area contributed by atoms with Gasteiger partial charge in [0.2, 0.25) is 5.91 Å². The third-order valence-electron chi connectivity index (χ3n) is 5.59. The summed E-state index contributed by atoms with van der Waals surface area (Å²) in [6.45, 7) is 8.04. The maximum atomic E-state index is 12.8. The van der Waals surface area contributed by atoms with Crippen molar-refractivity contribution in [1.82, 2.24) is 14.7 Å². The van der Waals surface area contributed by atoms with Crippen LogP contribution in [0.15, 0.2) is 48.5 Å². The van der Waals surface area contributed by atoms with Crippen molar-refractivity contribution in [2.24, 2.45) is 0 Å². The number of aryl methyl sites for hydroxylation is 2. The van der Waals surface area contributed by atoms with Gasteiger partial charge in [-0.15, -0.1) is 0 Å². The molecule has 0 bridgehead atoms. The number of likely N-dealkylation sites (N-methyl/N-ethyl adjacent to an activating group) is 1. The standard InChI is InChI=1S/C24H31N3O2/c1-19-8-6-11-21(16-19)24(29)27-13-7-12-26(14-15-27)18-23(28)25(3)17-22-10-5-4-9-20(22)2/h4-6,8-11,16H,7,12-15,17-18H2,1-3H3. The van der Waals surface area contributed by atoms with Crippen LogP contribution >= 0.6 is 0 Å². The topological polar surface area (TPSA) is 43.9 Å². The molecule has 5 heteroatoms. The van der Waals surface area contributed by atoms with E-state index in [2.05, 4.69) is 24.0 Å². The molecule has 3 rings (SSSR count). The molecular formula is C24H31N3O2. The molecular weight excluding hydrogens is 362 g/mol. The van der Waals surface area contributed by atoms with Crippen LogP contribution in [0.5, 0.6) is 0 Å². The minimum Gasteiger partial charge on any atom is -0.340 e. The van der Waals surface area contributed by atoms with Crippen molar-refractivity contribution in [3.63, 3.8) is 0 Å². The van der Waals surface area contributed by atoms with Gasteiger partial charge in [0.15, 0.2) is 0 Å². The van der Waals surface area contributed by atoms with Crippen molar-refractivity contribution in [2.75, 3.05) is 39.8 Å². The number of hydrogen-bond donors (Lipinski definition) is 0. The summed E-state index contributed by atoms with van der Waals surface area (Å²) >= 11 is 0. The lowest BCUT2D eigenvalue weighted by molar-refractivity contribution is -0.131. The van der Waals surface area contributed by atoms with Crippen LogP contribution < -0.4 is 0 Å². The van der Waals surface area contributed by atoms with Crippen molar-refractivity contribution in [3.05, 3.63) is 70.8 Å². The molecule has 154 valence electrons. The summed E-state index contributed by atoms with van der Waals surface area (Å²) in [5.74, 6) is 0.199. The summed E-state index contributed by atoms with van der Waals surface area (Å²) in [6.07, 6.45) is 0.881. The van der Waals surface area contributed by atoms with E-state index < -0.39 is 0 Å². The fraction of sp³-hybridized carbons (Fsp3) is 0.417. The predicted octanol–water partition coefficient (Wildman–Crippen LogP) is 3.11. The van der Waals surface area contributed by atoms with Crippen LogP contribution in [0, 0.1) is 13.8 Å². The molecule has 0 saturated carbocycles. The SMILES string of the molecule is Cc1cccc(C(=O)N2CCCN(CC(=O)N(C)Cc3ccccc3C)CC2)c1. The zero-order valence-corrected chi connectivity index (χ0v) is 17.7. The third kappa shape index (κ3) is 5.67. The summed E-state index contributed by atoms with van der Waals surface area (Å²) in [5, 5.41) is 0. The van der Waals surface area contributed by atoms with Gasteiger partial charge in [0, 0.05) is 45.3 Å². The van der Waals surface area contributed by atoms with Crippen molar-refractivity contribution in [1.29, 1.82) is 0 Å². The minimum atomic E-state index is 0.0820. The third-order valence-corrected chi connectivity index (χ3v) is 5.59. The highest BCUT2D eigenvalue weighted by Crippen LogP contribution is 2.13. The summed E-state index contributed by atoms with van der Waals surface area (Å²) < 4.78 is 0. The van der Waals surface area contributed by atoms with Crippen LogP contribution in [-0.2, 0) is 11.3 Å². The quantitative estimate of drug-likeness (QED) is 0.784. The molecule has 1 aliphatic heterocycles. The van der Waals surface area contributed by atoms with E-state index in [-0.39, 0.29) is 11.8 Å². The lowest BCUT2D eigenvalue weighted by Gasteiger charge is -2.25. The zero-order valence-electron chi connectivity index (χ0n) is 17.7. The first-order valence-electron chi connectivity index (χ1n) is 10.3. The fourth-order valence-electron chi connectivity index (χ4n) is 3.74. The maximum Gasteiger partial charge on any atom is 0.253 e. The molecule has 0 spiro atoms. The maximum absolute atomic E-state index is 12.8. The van der Waals surface area contributed by atoms with Gasteiger partial charge >= 0.3 is 0 Å². The van der Waals surface area contributed by atoms with Gasteiger partial charge in [0.1, 0.15) is 0 Å². The second-order valence-electron chi connectivity index (χ2n) is 7.97. The van der Waals surface area contributed by atoms with E-state index in [4.69, 9.17) is 0 Å². The van der Waals surface area contributed by atoms with Crippen molar-refractivity contribution in [3.8, 4) is 0 Å². The molecule has 5 nitrogen and oxygen atoms in total. The van der Waals surface area contributed by atoms with Gasteiger partial charge in [0.25, 0.3) is 5.91 Å². The largest absolute Gasteiger partial charge is 0.340 e. The monoisotopic (exact) mass is 393 g/mol. The van der Waals surface area contributed by atoms with Crippen molar-refractivity contribution < 1.29 is 9.59 Å². The molecule has 2 aromatic rings. The Bertz CT molecular complexity index is 865. The smallest absolute Gasteiger partial charge is 0.253 e. The van der Waals surface area contributed by atoms with E-state index in [9.17, 15) is 9.59 Å². The number of benzene rings is 2. The molecule has 1 aliphatic rings. The van der Waals surface area contributed by atoms with Gasteiger partial charge in [-0.2, -0.15) is 0 Å². The molecule has 29 heavy (non-hydrogen) atoms. The molecule has 0 aromatic heterocycles. The molecule has 0 aliphatic carbocycles. The van der Waals surface area contributed by atoms with Crippen LogP contribution in [0.1, 0.15) is 33.5 Å². The van der Waals surface area contributed by atoms with Gasteiger partial charge in [-0.1, -0.05) is 42.0 Å². The second-order valence-corrected chi connectivity index (χ2v) is 7.97. The number of rotatable bonds is 5. The lowest BCUT2D eigenvalue weighted by atomic mass is 10.1. The van der Waals surface area contributed by atoms with Gasteiger partial charge in [0.05, 0.1) is 6.54 Å². The number of hydrogen-bond acceptors (Lipinski definition) is 3. The highest BCUT2D eigenvalue weighted by molar-refractivity contribution is 5.94. The number of amides is 2. The summed E-state index contributed by atoms with van der Waals surface area (Å²) in [5.41, 5.74) is 4.21. The Morgan fingerprint density at radius 1 is 0.966 bits per heavy atom. The Morgan fingerprint density at radius 2 is 1.76 bits per heavy atom. The van der Waals surface area contributed by atoms with Crippen LogP contribution in [-0.4, -0.2) is 66.3 Å². The first-order chi connectivity index (χ1) is 13.9. The highest BCUT2D eigenvalue weighted by atomic mass is 16.2. The van der Waals surface area contributed by atoms with Gasteiger partial charge < -0.3 is 9.80 Å². The average molecular weight is 394 g/mol. The number of carbonyl (C=O) groups excluding carboxylic acids is 2. The first-order valence-corrected chi connectivity index (χ1v) is 10.3. The first kappa shape index (κ1) is 21.1. The lowest BCUT2D eigenvalue weighted by Crippen LogP contribution is -2.40. The van der Waals surface area contributed by atoms with E-state index in [1.807, 2.05) is 55.3 Å². The number of carbonyl (C=O) groups is 2. The van der Waals surface area contributed by atoms with Crippen molar-refractivity contribution in [2.45, 2.75) is 26.8 Å². The molecule has 0 atom stereocenters. The Balaban J connectivity index is 1.53. The Morgan fingerprint density at radius 3 is 2.52 bits per heavy atom. The Labute approximate surface area is 173 Å². The minimum absolute atomic E-state index is 0.0820. The average Bonchev–Trinajstić information content (AvgIpc) is 2.94. The van der Waals surface area contributed by atoms with Crippen LogP contribution in [0.3, 0.4) is 0 Å². The van der Waals surface area contributed by atoms with Crippen molar-refractivity contribution >= 4 is 11.8 Å². The molecule has 2 aromatic carbocycles. The molecule has 1 heterocycles. The van der Waals surface area contributed by atoms with Gasteiger partial charge in [-0.3, -0.25) is 14.5 Å². The van der Waals surface area contributed by atoms with E-state index in [0.29, 0.717) is 19.6 Å². The molecule has 0 N–H and O–H groups in total. The molecule has 0 unspecified atom stereocenters. The van der Waals surface area contributed by atoms with Gasteiger partial charge in [-0.05, 0) is 43.5 Å². The molecule has 2 amide bonds. The van der Waals surface area contributed by atoms with E-state index in [1.165, 1.54) is 11.1 Å². The van der Waals surface area contributed by atoms with E-state index >= 15 is 0 Å². The number of nitrogens with zero attached hydrogens (tertiary/aromatic N) is 3. The zero-order chi connectivity index (χ0) is 20.8. The summed E-state index contributed by atoms with van der Waals surface area (Å²) in [6, 6.07) is 15.9. The molecule has 1 fully saturated rings. The second kappa shape index (κ2) is 9.70. The highest BCUT2D eigenvalue weighted by Gasteiger charge is 2.22. The summed E-state index contributed by atoms with van der Waals surface area (Å²) in [7, 11) is 1.86. The molecule has 1 saturated heterocycles. The Hall–Kier alpha value is -2.66. The summed E-state index contributed by atoms with van der Waals surface area (Å²) in [4.78, 5) is 31.4.